The minimum absolute atomic E-state index is 0.115. The first-order valence-corrected chi connectivity index (χ1v) is 6.32. The van der Waals surface area contributed by atoms with Gasteiger partial charge in [-0.3, -0.25) is 4.57 Å². The molecule has 0 aromatic heterocycles. The minimum Gasteiger partial charge on any atom is -0.305 e. The SMILES string of the molecule is CCCC(=C=O)P(=O)(OCC)OCC. The van der Waals surface area contributed by atoms with E-state index in [1.54, 1.807) is 19.8 Å². The molecule has 0 saturated carbocycles. The third-order valence-electron chi connectivity index (χ3n) is 1.53. The van der Waals surface area contributed by atoms with Gasteiger partial charge in [-0.25, -0.2) is 4.79 Å². The zero-order chi connectivity index (χ0) is 11.0. The van der Waals surface area contributed by atoms with Crippen molar-refractivity contribution in [3.05, 3.63) is 5.31 Å². The van der Waals surface area contributed by atoms with Gasteiger partial charge in [0.2, 0.25) is 0 Å². The molecule has 0 amide bonds. The summed E-state index contributed by atoms with van der Waals surface area (Å²) in [6.07, 6.45) is 1.12. The first-order valence-electron chi connectivity index (χ1n) is 4.78. The molecule has 0 aliphatic heterocycles. The third kappa shape index (κ3) is 3.77. The second-order valence-electron chi connectivity index (χ2n) is 2.63. The summed E-state index contributed by atoms with van der Waals surface area (Å²) >= 11 is 0. The lowest BCUT2D eigenvalue weighted by Gasteiger charge is -2.16. The Balaban J connectivity index is 4.77. The molecule has 0 aromatic rings. The Hall–Kier alpha value is -0.400. The lowest BCUT2D eigenvalue weighted by molar-refractivity contribution is 0.225. The quantitative estimate of drug-likeness (QED) is 0.489. The van der Waals surface area contributed by atoms with Gasteiger partial charge in [0, 0.05) is 0 Å². The Labute approximate surface area is 84.8 Å². The van der Waals surface area contributed by atoms with Gasteiger partial charge in [-0.05, 0) is 20.3 Å². The van der Waals surface area contributed by atoms with E-state index in [1.807, 2.05) is 6.92 Å². The van der Waals surface area contributed by atoms with Crippen LogP contribution in [0.15, 0.2) is 5.31 Å². The molecule has 14 heavy (non-hydrogen) atoms. The smallest absolute Gasteiger partial charge is 0.305 e. The molecule has 0 N–H and O–H groups in total. The van der Waals surface area contributed by atoms with Gasteiger partial charge >= 0.3 is 7.60 Å². The van der Waals surface area contributed by atoms with Gasteiger partial charge < -0.3 is 9.05 Å². The fraction of sp³-hybridized carbons (Fsp3) is 0.778. The monoisotopic (exact) mass is 220 g/mol. The lowest BCUT2D eigenvalue weighted by Crippen LogP contribution is -1.99. The summed E-state index contributed by atoms with van der Waals surface area (Å²) in [6.45, 7) is 5.82. The molecular formula is C9H17O4P. The molecular weight excluding hydrogens is 203 g/mol. The molecule has 0 radical (unpaired) electrons. The van der Waals surface area contributed by atoms with Crippen LogP contribution in [0.4, 0.5) is 0 Å². The standard InChI is InChI=1S/C9H17O4P/c1-4-7-9(8-10)14(11,12-5-2)13-6-3/h4-7H2,1-3H3. The molecule has 0 fully saturated rings. The van der Waals surface area contributed by atoms with Gasteiger partial charge in [-0.2, -0.15) is 0 Å². The highest BCUT2D eigenvalue weighted by molar-refractivity contribution is 7.58. The highest BCUT2D eigenvalue weighted by Gasteiger charge is 2.29. The van der Waals surface area contributed by atoms with Crippen LogP contribution in [-0.4, -0.2) is 19.2 Å². The molecule has 0 aliphatic rings. The molecule has 4 nitrogen and oxygen atoms in total. The Bertz CT molecular complexity index is 246. The summed E-state index contributed by atoms with van der Waals surface area (Å²) in [6, 6.07) is 0. The zero-order valence-electron chi connectivity index (χ0n) is 8.91. The van der Waals surface area contributed by atoms with E-state index in [0.717, 1.165) is 0 Å². The van der Waals surface area contributed by atoms with Crippen molar-refractivity contribution in [1.29, 1.82) is 0 Å². The van der Waals surface area contributed by atoms with Crippen LogP contribution in [-0.2, 0) is 18.4 Å². The van der Waals surface area contributed by atoms with Crippen LogP contribution in [0.3, 0.4) is 0 Å². The van der Waals surface area contributed by atoms with Crippen LogP contribution in [0.25, 0.3) is 0 Å². The molecule has 0 rings (SSSR count). The topological polar surface area (TPSA) is 52.6 Å². The maximum absolute atomic E-state index is 12.0. The largest absolute Gasteiger partial charge is 0.368 e. The van der Waals surface area contributed by atoms with Crippen molar-refractivity contribution in [1.82, 2.24) is 0 Å². The van der Waals surface area contributed by atoms with E-state index in [4.69, 9.17) is 9.05 Å². The third-order valence-corrected chi connectivity index (χ3v) is 3.71. The van der Waals surface area contributed by atoms with Crippen molar-refractivity contribution < 1.29 is 18.4 Å². The van der Waals surface area contributed by atoms with Crippen molar-refractivity contribution in [3.63, 3.8) is 0 Å². The van der Waals surface area contributed by atoms with Crippen molar-refractivity contribution in [2.24, 2.45) is 0 Å². The zero-order valence-corrected chi connectivity index (χ0v) is 9.80. The Morgan fingerprint density at radius 3 is 2.00 bits per heavy atom. The Kier molecular flexibility index (Phi) is 6.77. The molecule has 0 heterocycles. The van der Waals surface area contributed by atoms with E-state index < -0.39 is 7.60 Å². The van der Waals surface area contributed by atoms with Gasteiger partial charge in [0.1, 0.15) is 11.3 Å². The van der Waals surface area contributed by atoms with Crippen LogP contribution in [0, 0.1) is 0 Å². The average molecular weight is 220 g/mol. The molecule has 5 heteroatoms. The second-order valence-corrected chi connectivity index (χ2v) is 4.68. The lowest BCUT2D eigenvalue weighted by atomic mass is 10.3. The van der Waals surface area contributed by atoms with E-state index in [9.17, 15) is 9.36 Å². The van der Waals surface area contributed by atoms with Gasteiger partial charge in [0.05, 0.1) is 13.2 Å². The summed E-state index contributed by atoms with van der Waals surface area (Å²) < 4.78 is 22.0. The van der Waals surface area contributed by atoms with Crippen molar-refractivity contribution in [2.75, 3.05) is 13.2 Å². The fourth-order valence-electron chi connectivity index (χ4n) is 1.01. The fourth-order valence-corrected chi connectivity index (χ4v) is 2.69. The average Bonchev–Trinajstić information content (AvgIpc) is 2.14. The van der Waals surface area contributed by atoms with E-state index in [2.05, 4.69) is 0 Å². The van der Waals surface area contributed by atoms with Crippen LogP contribution >= 0.6 is 7.60 Å². The summed E-state index contributed by atoms with van der Waals surface area (Å²) in [5, 5.41) is 0.115. The molecule has 0 atom stereocenters. The van der Waals surface area contributed by atoms with Gasteiger partial charge in [-0.15, -0.1) is 0 Å². The number of allylic oxidation sites excluding steroid dienone is 1. The van der Waals surface area contributed by atoms with Gasteiger partial charge in [0.15, 0.2) is 0 Å². The Morgan fingerprint density at radius 1 is 1.21 bits per heavy atom. The van der Waals surface area contributed by atoms with Gasteiger partial charge in [0.25, 0.3) is 0 Å². The minimum atomic E-state index is -3.35. The number of hydrogen-bond acceptors (Lipinski definition) is 4. The maximum Gasteiger partial charge on any atom is 0.368 e. The van der Waals surface area contributed by atoms with E-state index in [-0.39, 0.29) is 18.5 Å². The molecule has 82 valence electrons. The highest BCUT2D eigenvalue weighted by Crippen LogP contribution is 2.56. The summed E-state index contributed by atoms with van der Waals surface area (Å²) in [7, 11) is -3.35. The molecule has 0 spiro atoms. The second kappa shape index (κ2) is 6.97. The summed E-state index contributed by atoms with van der Waals surface area (Å²) in [5.41, 5.74) is 0. The maximum atomic E-state index is 12.0. The molecule has 0 bridgehead atoms. The molecule has 0 aliphatic carbocycles. The van der Waals surface area contributed by atoms with Crippen LogP contribution in [0.5, 0.6) is 0 Å². The summed E-state index contributed by atoms with van der Waals surface area (Å²) in [4.78, 5) is 10.6. The van der Waals surface area contributed by atoms with E-state index in [1.165, 1.54) is 0 Å². The van der Waals surface area contributed by atoms with Crippen LogP contribution in [0.2, 0.25) is 0 Å². The van der Waals surface area contributed by atoms with Crippen molar-refractivity contribution in [3.8, 4) is 0 Å². The summed E-state index contributed by atoms with van der Waals surface area (Å²) in [5.74, 6) is 1.67. The van der Waals surface area contributed by atoms with Crippen LogP contribution < -0.4 is 0 Å². The first kappa shape index (κ1) is 13.6. The highest BCUT2D eigenvalue weighted by atomic mass is 31.2. The number of hydrogen-bond donors (Lipinski definition) is 0. The molecule has 0 saturated heterocycles. The number of rotatable bonds is 7. The Morgan fingerprint density at radius 2 is 1.71 bits per heavy atom. The first-order chi connectivity index (χ1) is 6.64. The predicted octanol–water partition coefficient (Wildman–Crippen LogP) is 2.77. The molecule has 0 aromatic carbocycles. The van der Waals surface area contributed by atoms with E-state index in [0.29, 0.717) is 12.8 Å². The normalized spacial score (nSPS) is 11.1. The van der Waals surface area contributed by atoms with Gasteiger partial charge in [-0.1, -0.05) is 13.3 Å². The van der Waals surface area contributed by atoms with E-state index >= 15 is 0 Å². The van der Waals surface area contributed by atoms with Crippen LogP contribution in [0.1, 0.15) is 33.6 Å². The van der Waals surface area contributed by atoms with Crippen molar-refractivity contribution in [2.45, 2.75) is 33.6 Å². The predicted molar refractivity (Wildman–Crippen MR) is 55.0 cm³/mol. The molecule has 0 unspecified atom stereocenters. The van der Waals surface area contributed by atoms with Crippen molar-refractivity contribution >= 4 is 13.5 Å². The number of carbonyl (C=O) groups excluding carboxylic acids is 1.